The standard InChI is InChI=1S/C32H38N2O4S/c1-32(2,3)38-30(35)33-20-12-11-13-23(22-39-24-14-5-4-6-15-24)34-31(36)37-21-29-27-18-9-7-16-25(27)26-17-8-10-19-28(26)29/h4-10,14-19,23,29H,11-13,20-22H2,1-3H3,(H,33,35)(H,34,36)/t23-/m1/s1. The van der Waals surface area contributed by atoms with E-state index < -0.39 is 17.8 Å². The number of unbranched alkanes of at least 4 members (excludes halogenated alkanes) is 1. The zero-order valence-electron chi connectivity index (χ0n) is 22.9. The van der Waals surface area contributed by atoms with Crippen molar-refractivity contribution in [2.75, 3.05) is 18.9 Å². The first kappa shape index (κ1) is 28.6. The number of thioether (sulfide) groups is 1. The Hall–Kier alpha value is -3.45. The summed E-state index contributed by atoms with van der Waals surface area (Å²) in [4.78, 5) is 26.0. The minimum Gasteiger partial charge on any atom is -0.449 e. The largest absolute Gasteiger partial charge is 0.449 e. The van der Waals surface area contributed by atoms with Gasteiger partial charge in [-0.1, -0.05) is 66.7 Å². The molecule has 0 saturated heterocycles. The Balaban J connectivity index is 1.30. The van der Waals surface area contributed by atoms with Crippen molar-refractivity contribution in [2.45, 2.75) is 62.5 Å². The Labute approximate surface area is 235 Å². The summed E-state index contributed by atoms with van der Waals surface area (Å²) in [5.41, 5.74) is 4.29. The Morgan fingerprint density at radius 3 is 2.10 bits per heavy atom. The van der Waals surface area contributed by atoms with Crippen LogP contribution in [0.15, 0.2) is 83.8 Å². The number of amides is 2. The zero-order chi connectivity index (χ0) is 27.7. The van der Waals surface area contributed by atoms with Crippen LogP contribution in [0.3, 0.4) is 0 Å². The summed E-state index contributed by atoms with van der Waals surface area (Å²) < 4.78 is 11.1. The van der Waals surface area contributed by atoms with Crippen LogP contribution in [0.2, 0.25) is 0 Å². The predicted octanol–water partition coefficient (Wildman–Crippen LogP) is 7.38. The fourth-order valence-corrected chi connectivity index (χ4v) is 5.73. The number of hydrogen-bond donors (Lipinski definition) is 2. The molecule has 1 atom stereocenters. The number of nitrogens with one attached hydrogen (secondary N) is 2. The molecule has 1 aliphatic carbocycles. The van der Waals surface area contributed by atoms with Gasteiger partial charge in [0.2, 0.25) is 0 Å². The molecule has 0 heterocycles. The number of rotatable bonds is 11. The van der Waals surface area contributed by atoms with E-state index in [-0.39, 0.29) is 18.6 Å². The van der Waals surface area contributed by atoms with Crippen molar-refractivity contribution in [2.24, 2.45) is 0 Å². The number of alkyl carbamates (subject to hydrolysis) is 2. The van der Waals surface area contributed by atoms with Crippen molar-refractivity contribution < 1.29 is 19.1 Å². The van der Waals surface area contributed by atoms with Gasteiger partial charge in [0.15, 0.2) is 0 Å². The van der Waals surface area contributed by atoms with Crippen LogP contribution in [0, 0.1) is 0 Å². The maximum absolute atomic E-state index is 12.9. The molecule has 3 aromatic carbocycles. The lowest BCUT2D eigenvalue weighted by Gasteiger charge is -2.21. The lowest BCUT2D eigenvalue weighted by atomic mass is 9.98. The molecule has 0 bridgehead atoms. The van der Waals surface area contributed by atoms with Crippen molar-refractivity contribution >= 4 is 23.9 Å². The van der Waals surface area contributed by atoms with Gasteiger partial charge >= 0.3 is 12.2 Å². The summed E-state index contributed by atoms with van der Waals surface area (Å²) in [6, 6.07) is 26.7. The number of carbonyl (C=O) groups excluding carboxylic acids is 2. The third-order valence-corrected chi connectivity index (χ3v) is 7.68. The van der Waals surface area contributed by atoms with Crippen LogP contribution in [0.5, 0.6) is 0 Å². The fourth-order valence-electron chi connectivity index (χ4n) is 4.74. The first-order chi connectivity index (χ1) is 18.8. The number of carbonyl (C=O) groups is 2. The number of ether oxygens (including phenoxy) is 2. The van der Waals surface area contributed by atoms with E-state index in [9.17, 15) is 9.59 Å². The third kappa shape index (κ3) is 8.52. The lowest BCUT2D eigenvalue weighted by Crippen LogP contribution is -2.38. The van der Waals surface area contributed by atoms with E-state index in [2.05, 4.69) is 47.0 Å². The lowest BCUT2D eigenvalue weighted by molar-refractivity contribution is 0.0527. The van der Waals surface area contributed by atoms with Crippen LogP contribution in [-0.2, 0) is 9.47 Å². The van der Waals surface area contributed by atoms with Gasteiger partial charge in [-0.05, 0) is 74.4 Å². The van der Waals surface area contributed by atoms with E-state index in [1.54, 1.807) is 11.8 Å². The Morgan fingerprint density at radius 1 is 0.846 bits per heavy atom. The molecular weight excluding hydrogens is 508 g/mol. The minimum absolute atomic E-state index is 0.0271. The summed E-state index contributed by atoms with van der Waals surface area (Å²) in [6.07, 6.45) is 1.61. The quantitative estimate of drug-likeness (QED) is 0.194. The van der Waals surface area contributed by atoms with Crippen molar-refractivity contribution in [3.63, 3.8) is 0 Å². The average Bonchev–Trinajstić information content (AvgIpc) is 3.23. The molecule has 2 N–H and O–H groups in total. The fraction of sp³-hybridized carbons (Fsp3) is 0.375. The summed E-state index contributed by atoms with van der Waals surface area (Å²) in [6.45, 7) is 6.35. The molecule has 0 aromatic heterocycles. The maximum atomic E-state index is 12.9. The molecule has 2 amide bonds. The zero-order valence-corrected chi connectivity index (χ0v) is 23.8. The predicted molar refractivity (Wildman–Crippen MR) is 157 cm³/mol. The summed E-state index contributed by atoms with van der Waals surface area (Å²) >= 11 is 1.71. The van der Waals surface area contributed by atoms with Crippen molar-refractivity contribution in [1.82, 2.24) is 10.6 Å². The van der Waals surface area contributed by atoms with Gasteiger partial charge in [-0.25, -0.2) is 9.59 Å². The van der Waals surface area contributed by atoms with Gasteiger partial charge in [-0.15, -0.1) is 11.8 Å². The van der Waals surface area contributed by atoms with Gasteiger partial charge in [-0.2, -0.15) is 0 Å². The molecule has 4 rings (SSSR count). The van der Waals surface area contributed by atoms with Crippen LogP contribution in [0.1, 0.15) is 57.1 Å². The molecule has 7 heteroatoms. The SMILES string of the molecule is CC(C)(C)OC(=O)NCCCC[C@H](CSc1ccccc1)NC(=O)OCC1c2ccccc2-c2ccccc21. The van der Waals surface area contributed by atoms with Crippen LogP contribution in [-0.4, -0.2) is 42.7 Å². The van der Waals surface area contributed by atoms with Gasteiger partial charge in [0.25, 0.3) is 0 Å². The second kappa shape index (κ2) is 13.6. The normalized spacial score (nSPS) is 13.2. The van der Waals surface area contributed by atoms with E-state index in [1.807, 2.05) is 63.2 Å². The Bertz CT molecular complexity index is 1200. The second-order valence-corrected chi connectivity index (χ2v) is 11.8. The van der Waals surface area contributed by atoms with Gasteiger partial charge in [-0.3, -0.25) is 0 Å². The van der Waals surface area contributed by atoms with E-state index >= 15 is 0 Å². The van der Waals surface area contributed by atoms with Gasteiger partial charge < -0.3 is 20.1 Å². The topological polar surface area (TPSA) is 76.7 Å². The molecule has 3 aromatic rings. The second-order valence-electron chi connectivity index (χ2n) is 10.7. The number of benzene rings is 3. The first-order valence-corrected chi connectivity index (χ1v) is 14.5. The Morgan fingerprint density at radius 2 is 1.46 bits per heavy atom. The van der Waals surface area contributed by atoms with Crippen molar-refractivity contribution in [1.29, 1.82) is 0 Å². The van der Waals surface area contributed by atoms with Gasteiger partial charge in [0.1, 0.15) is 12.2 Å². The molecule has 1 aliphatic rings. The van der Waals surface area contributed by atoms with Gasteiger partial charge in [0.05, 0.1) is 0 Å². The summed E-state index contributed by atoms with van der Waals surface area (Å²) in [5.74, 6) is 0.757. The van der Waals surface area contributed by atoms with Gasteiger partial charge in [0, 0.05) is 29.2 Å². The van der Waals surface area contributed by atoms with E-state index in [1.165, 1.54) is 22.3 Å². The minimum atomic E-state index is -0.517. The molecule has 39 heavy (non-hydrogen) atoms. The molecule has 0 radical (unpaired) electrons. The molecular formula is C32H38N2O4S. The van der Waals surface area contributed by atoms with Crippen LogP contribution in [0.4, 0.5) is 9.59 Å². The monoisotopic (exact) mass is 546 g/mol. The Kier molecular flexibility index (Phi) is 9.93. The molecule has 0 aliphatic heterocycles. The molecule has 0 spiro atoms. The number of fused-ring (bicyclic) bond motifs is 3. The summed E-state index contributed by atoms with van der Waals surface area (Å²) in [5, 5.41) is 5.90. The van der Waals surface area contributed by atoms with Crippen molar-refractivity contribution in [3.8, 4) is 11.1 Å². The number of hydrogen-bond acceptors (Lipinski definition) is 5. The van der Waals surface area contributed by atoms with Crippen molar-refractivity contribution in [3.05, 3.63) is 90.0 Å². The highest BCUT2D eigenvalue weighted by Gasteiger charge is 2.29. The van der Waals surface area contributed by atoms with E-state index in [0.29, 0.717) is 6.54 Å². The third-order valence-electron chi connectivity index (χ3n) is 6.51. The van der Waals surface area contributed by atoms with Crippen LogP contribution < -0.4 is 10.6 Å². The van der Waals surface area contributed by atoms with Crippen LogP contribution in [0.25, 0.3) is 11.1 Å². The first-order valence-electron chi connectivity index (χ1n) is 13.6. The smallest absolute Gasteiger partial charge is 0.407 e. The highest BCUT2D eigenvalue weighted by molar-refractivity contribution is 7.99. The van der Waals surface area contributed by atoms with E-state index in [4.69, 9.17) is 9.47 Å². The molecule has 0 unspecified atom stereocenters. The van der Waals surface area contributed by atoms with Crippen LogP contribution >= 0.6 is 11.8 Å². The molecule has 6 nitrogen and oxygen atoms in total. The molecule has 0 fully saturated rings. The maximum Gasteiger partial charge on any atom is 0.407 e. The summed E-state index contributed by atoms with van der Waals surface area (Å²) in [7, 11) is 0. The highest BCUT2D eigenvalue weighted by Crippen LogP contribution is 2.44. The molecule has 206 valence electrons. The molecule has 0 saturated carbocycles. The van der Waals surface area contributed by atoms with E-state index in [0.717, 1.165) is 29.9 Å². The average molecular weight is 547 g/mol. The highest BCUT2D eigenvalue weighted by atomic mass is 32.2.